The van der Waals surface area contributed by atoms with E-state index in [0.717, 1.165) is 18.4 Å². The smallest absolute Gasteiger partial charge is 0.267 e. The summed E-state index contributed by atoms with van der Waals surface area (Å²) in [5.74, 6) is 0.0349. The fourth-order valence-electron chi connectivity index (χ4n) is 3.03. The zero-order valence-electron chi connectivity index (χ0n) is 13.7. The van der Waals surface area contributed by atoms with Gasteiger partial charge in [0.05, 0.1) is 0 Å². The molecule has 0 spiro atoms. The maximum absolute atomic E-state index is 12.3. The van der Waals surface area contributed by atoms with Crippen molar-refractivity contribution in [3.05, 3.63) is 46.4 Å². The number of likely N-dealkylation sites (tertiary alicyclic amines) is 1. The van der Waals surface area contributed by atoms with Crippen LogP contribution in [0.2, 0.25) is 0 Å². The minimum Gasteiger partial charge on any atom is -0.350 e. The molecule has 1 atom stereocenters. The molecule has 0 aliphatic carbocycles. The lowest BCUT2D eigenvalue weighted by Crippen LogP contribution is -2.36. The molecule has 1 aliphatic rings. The van der Waals surface area contributed by atoms with Crippen LogP contribution in [0.1, 0.15) is 30.3 Å². The van der Waals surface area contributed by atoms with Crippen LogP contribution in [0.5, 0.6) is 0 Å². The van der Waals surface area contributed by atoms with Crippen molar-refractivity contribution in [2.75, 3.05) is 19.6 Å². The van der Waals surface area contributed by atoms with Crippen LogP contribution in [0.3, 0.4) is 0 Å². The van der Waals surface area contributed by atoms with E-state index < -0.39 is 0 Å². The average molecular weight is 327 g/mol. The fraction of sp³-hybridized carbons (Fsp3) is 0.389. The van der Waals surface area contributed by atoms with Crippen molar-refractivity contribution >= 4 is 22.6 Å². The predicted molar refractivity (Wildman–Crippen MR) is 91.9 cm³/mol. The zero-order valence-corrected chi connectivity index (χ0v) is 13.7. The van der Waals surface area contributed by atoms with Crippen LogP contribution in [-0.2, 0) is 4.79 Å². The molecule has 0 radical (unpaired) electrons. The Morgan fingerprint density at radius 1 is 1.33 bits per heavy atom. The van der Waals surface area contributed by atoms with Crippen molar-refractivity contribution in [3.8, 4) is 0 Å². The summed E-state index contributed by atoms with van der Waals surface area (Å²) in [6.45, 7) is 3.90. The first-order valence-electron chi connectivity index (χ1n) is 8.22. The van der Waals surface area contributed by atoms with Crippen molar-refractivity contribution in [1.82, 2.24) is 15.2 Å². The lowest BCUT2D eigenvalue weighted by molar-refractivity contribution is -0.128. The molecule has 1 aromatic heterocycles. The molecule has 2 amide bonds. The molecule has 6 nitrogen and oxygen atoms in total. The topological polar surface area (TPSA) is 82.3 Å². The summed E-state index contributed by atoms with van der Waals surface area (Å²) >= 11 is 0. The van der Waals surface area contributed by atoms with Gasteiger partial charge in [-0.1, -0.05) is 25.1 Å². The highest BCUT2D eigenvalue weighted by molar-refractivity contribution is 5.96. The Morgan fingerprint density at radius 3 is 2.88 bits per heavy atom. The molecule has 1 saturated heterocycles. The Hall–Kier alpha value is -2.63. The summed E-state index contributed by atoms with van der Waals surface area (Å²) in [4.78, 5) is 40.4. The second-order valence-corrected chi connectivity index (χ2v) is 6.36. The molecular weight excluding hydrogens is 306 g/mol. The SMILES string of the molecule is CC(CNC(=O)c1cc2ccccc2c(=O)[nH]1)CN1CCCC1=O. The molecule has 24 heavy (non-hydrogen) atoms. The molecule has 0 bridgehead atoms. The van der Waals surface area contributed by atoms with Gasteiger partial charge in [-0.15, -0.1) is 0 Å². The minimum atomic E-state index is -0.308. The quantitative estimate of drug-likeness (QED) is 0.873. The number of aromatic nitrogens is 1. The third-order valence-corrected chi connectivity index (χ3v) is 4.31. The standard InChI is InChI=1S/C18H21N3O3/c1-12(11-21-8-4-7-16(21)22)10-19-18(24)15-9-13-5-2-3-6-14(13)17(23)20-15/h2-3,5-6,9,12H,4,7-8,10-11H2,1H3,(H,19,24)(H,20,23). The maximum Gasteiger partial charge on any atom is 0.267 e. The molecule has 2 aromatic rings. The van der Waals surface area contributed by atoms with Crippen LogP contribution >= 0.6 is 0 Å². The van der Waals surface area contributed by atoms with Gasteiger partial charge in [0, 0.05) is 31.4 Å². The number of hydrogen-bond donors (Lipinski definition) is 2. The first-order chi connectivity index (χ1) is 11.5. The number of benzene rings is 1. The molecule has 6 heteroatoms. The molecule has 0 saturated carbocycles. The van der Waals surface area contributed by atoms with Gasteiger partial charge in [-0.05, 0) is 29.9 Å². The summed E-state index contributed by atoms with van der Waals surface area (Å²) in [7, 11) is 0. The maximum atomic E-state index is 12.3. The van der Waals surface area contributed by atoms with E-state index in [0.29, 0.717) is 24.9 Å². The van der Waals surface area contributed by atoms with Crippen molar-refractivity contribution in [3.63, 3.8) is 0 Å². The highest BCUT2D eigenvalue weighted by atomic mass is 16.2. The molecule has 1 aliphatic heterocycles. The van der Waals surface area contributed by atoms with Crippen LogP contribution in [0.4, 0.5) is 0 Å². The van der Waals surface area contributed by atoms with Crippen LogP contribution < -0.4 is 10.9 Å². The fourth-order valence-corrected chi connectivity index (χ4v) is 3.03. The number of nitrogens with one attached hydrogen (secondary N) is 2. The number of fused-ring (bicyclic) bond motifs is 1. The van der Waals surface area contributed by atoms with Crippen molar-refractivity contribution in [2.24, 2.45) is 5.92 Å². The third-order valence-electron chi connectivity index (χ3n) is 4.31. The largest absolute Gasteiger partial charge is 0.350 e. The number of rotatable bonds is 5. The summed E-state index contributed by atoms with van der Waals surface area (Å²) in [6, 6.07) is 8.84. The van der Waals surface area contributed by atoms with Gasteiger partial charge in [0.15, 0.2) is 0 Å². The van der Waals surface area contributed by atoms with Crippen LogP contribution in [0.15, 0.2) is 35.1 Å². The highest BCUT2D eigenvalue weighted by Gasteiger charge is 2.22. The Bertz CT molecular complexity index is 828. The molecule has 1 unspecified atom stereocenters. The molecule has 3 rings (SSSR count). The van der Waals surface area contributed by atoms with E-state index in [1.165, 1.54) is 0 Å². The molecule has 126 valence electrons. The minimum absolute atomic E-state index is 0.156. The van der Waals surface area contributed by atoms with Gasteiger partial charge in [0.2, 0.25) is 5.91 Å². The first kappa shape index (κ1) is 16.2. The van der Waals surface area contributed by atoms with E-state index in [2.05, 4.69) is 10.3 Å². The second kappa shape index (κ2) is 6.86. The second-order valence-electron chi connectivity index (χ2n) is 6.36. The van der Waals surface area contributed by atoms with Crippen LogP contribution in [0.25, 0.3) is 10.8 Å². The van der Waals surface area contributed by atoms with Gasteiger partial charge in [0.1, 0.15) is 5.69 Å². The molecule has 2 N–H and O–H groups in total. The van der Waals surface area contributed by atoms with Gasteiger partial charge in [-0.3, -0.25) is 14.4 Å². The van der Waals surface area contributed by atoms with Crippen LogP contribution in [0, 0.1) is 5.92 Å². The van der Waals surface area contributed by atoms with E-state index >= 15 is 0 Å². The van der Waals surface area contributed by atoms with Crippen LogP contribution in [-0.4, -0.2) is 41.3 Å². The van der Waals surface area contributed by atoms with Crippen molar-refractivity contribution in [2.45, 2.75) is 19.8 Å². The molecular formula is C18H21N3O3. The summed E-state index contributed by atoms with van der Waals surface area (Å²) in [6.07, 6.45) is 1.54. The van der Waals surface area contributed by atoms with E-state index in [-0.39, 0.29) is 29.0 Å². The number of carbonyl (C=O) groups excluding carboxylic acids is 2. The zero-order chi connectivity index (χ0) is 17.1. The van der Waals surface area contributed by atoms with Crippen molar-refractivity contribution < 1.29 is 9.59 Å². The van der Waals surface area contributed by atoms with E-state index in [1.807, 2.05) is 24.0 Å². The van der Waals surface area contributed by atoms with E-state index in [4.69, 9.17) is 0 Å². The monoisotopic (exact) mass is 327 g/mol. The van der Waals surface area contributed by atoms with Gasteiger partial charge in [0.25, 0.3) is 11.5 Å². The average Bonchev–Trinajstić information content (AvgIpc) is 2.97. The number of pyridine rings is 1. The summed E-state index contributed by atoms with van der Waals surface area (Å²) < 4.78 is 0. The van der Waals surface area contributed by atoms with E-state index in [1.54, 1.807) is 18.2 Å². The number of H-pyrrole nitrogens is 1. The third kappa shape index (κ3) is 3.48. The lowest BCUT2D eigenvalue weighted by Gasteiger charge is -2.21. The first-order valence-corrected chi connectivity index (χ1v) is 8.22. The highest BCUT2D eigenvalue weighted by Crippen LogP contribution is 2.12. The number of nitrogens with zero attached hydrogens (tertiary/aromatic N) is 1. The Morgan fingerprint density at radius 2 is 2.12 bits per heavy atom. The van der Waals surface area contributed by atoms with E-state index in [9.17, 15) is 14.4 Å². The molecule has 1 aromatic carbocycles. The number of hydrogen-bond acceptors (Lipinski definition) is 3. The Kier molecular flexibility index (Phi) is 4.64. The lowest BCUT2D eigenvalue weighted by atomic mass is 10.1. The van der Waals surface area contributed by atoms with Gasteiger partial charge < -0.3 is 15.2 Å². The predicted octanol–water partition coefficient (Wildman–Crippen LogP) is 1.52. The van der Waals surface area contributed by atoms with Gasteiger partial charge in [-0.25, -0.2) is 0 Å². The normalized spacial score (nSPS) is 15.7. The number of amides is 2. The van der Waals surface area contributed by atoms with Crippen molar-refractivity contribution in [1.29, 1.82) is 0 Å². The number of carbonyl (C=O) groups is 2. The van der Waals surface area contributed by atoms with Gasteiger partial charge >= 0.3 is 0 Å². The molecule has 1 fully saturated rings. The summed E-state index contributed by atoms with van der Waals surface area (Å²) in [5, 5.41) is 4.14. The number of aromatic amines is 1. The molecule has 2 heterocycles. The Balaban J connectivity index is 1.62. The Labute approximate surface area is 139 Å². The van der Waals surface area contributed by atoms with Gasteiger partial charge in [-0.2, -0.15) is 0 Å². The summed E-state index contributed by atoms with van der Waals surface area (Å²) in [5.41, 5.74) is -0.0166.